The molecule has 2 atom stereocenters. The zero-order valence-electron chi connectivity index (χ0n) is 13.5. The number of aromatic nitrogens is 1. The summed E-state index contributed by atoms with van der Waals surface area (Å²) in [5, 5.41) is 3.76. The van der Waals surface area contributed by atoms with Crippen LogP contribution in [0.5, 0.6) is 0 Å². The van der Waals surface area contributed by atoms with Crippen LogP contribution in [0.25, 0.3) is 10.4 Å². The summed E-state index contributed by atoms with van der Waals surface area (Å²) in [7, 11) is 0. The first kappa shape index (κ1) is 16.1. The number of nitrogens with one attached hydrogen (secondary N) is 1. The SMILES string of the molecule is CC1C(NC(=O)c2ccc(-c3ccc(Cl)nc3)s2)C2CCN1CC2. The third-order valence-electron chi connectivity index (χ3n) is 5.32. The summed E-state index contributed by atoms with van der Waals surface area (Å²) >= 11 is 7.33. The summed E-state index contributed by atoms with van der Waals surface area (Å²) in [4.78, 5) is 21.1. The van der Waals surface area contributed by atoms with Gasteiger partial charge in [0.15, 0.2) is 0 Å². The van der Waals surface area contributed by atoms with E-state index in [0.717, 1.165) is 15.3 Å². The van der Waals surface area contributed by atoms with Crippen LogP contribution in [0, 0.1) is 5.92 Å². The normalized spacial score (nSPS) is 28.8. The number of nitrogens with zero attached hydrogens (tertiary/aromatic N) is 2. The lowest BCUT2D eigenvalue weighted by atomic mass is 9.79. The Morgan fingerprint density at radius 1 is 1.29 bits per heavy atom. The van der Waals surface area contributed by atoms with Gasteiger partial charge < -0.3 is 5.32 Å². The zero-order valence-corrected chi connectivity index (χ0v) is 15.1. The first-order valence-corrected chi connectivity index (χ1v) is 9.58. The van der Waals surface area contributed by atoms with E-state index in [-0.39, 0.29) is 11.9 Å². The third-order valence-corrected chi connectivity index (χ3v) is 6.67. The minimum absolute atomic E-state index is 0.0405. The number of thiophene rings is 1. The van der Waals surface area contributed by atoms with Gasteiger partial charge in [0.25, 0.3) is 5.91 Å². The molecular weight excluding hydrogens is 342 g/mol. The number of piperidine rings is 3. The molecular formula is C18H20ClN3OS. The minimum atomic E-state index is 0.0405. The van der Waals surface area contributed by atoms with Crippen molar-refractivity contribution in [3.05, 3.63) is 40.5 Å². The molecule has 2 aromatic heterocycles. The van der Waals surface area contributed by atoms with Crippen molar-refractivity contribution in [3.63, 3.8) is 0 Å². The Labute approximate surface area is 150 Å². The molecule has 3 fully saturated rings. The van der Waals surface area contributed by atoms with Crippen molar-refractivity contribution in [2.75, 3.05) is 13.1 Å². The van der Waals surface area contributed by atoms with Crippen LogP contribution in [0.2, 0.25) is 5.15 Å². The van der Waals surface area contributed by atoms with Crippen molar-refractivity contribution in [2.45, 2.75) is 31.8 Å². The quantitative estimate of drug-likeness (QED) is 0.848. The lowest BCUT2D eigenvalue weighted by Gasteiger charge is -2.49. The molecule has 3 saturated heterocycles. The van der Waals surface area contributed by atoms with Gasteiger partial charge in [-0.2, -0.15) is 0 Å². The van der Waals surface area contributed by atoms with E-state index in [0.29, 0.717) is 17.1 Å². The highest BCUT2D eigenvalue weighted by Crippen LogP contribution is 2.33. The number of hydrogen-bond acceptors (Lipinski definition) is 4. The topological polar surface area (TPSA) is 45.2 Å². The number of amides is 1. The number of fused-ring (bicyclic) bond motifs is 3. The van der Waals surface area contributed by atoms with E-state index in [4.69, 9.17) is 11.6 Å². The van der Waals surface area contributed by atoms with Crippen molar-refractivity contribution in [2.24, 2.45) is 5.92 Å². The van der Waals surface area contributed by atoms with Gasteiger partial charge >= 0.3 is 0 Å². The Morgan fingerprint density at radius 3 is 2.75 bits per heavy atom. The van der Waals surface area contributed by atoms with E-state index in [1.54, 1.807) is 12.3 Å². The number of halogens is 1. The van der Waals surface area contributed by atoms with Crippen molar-refractivity contribution in [1.82, 2.24) is 15.2 Å². The van der Waals surface area contributed by atoms with Crippen molar-refractivity contribution < 1.29 is 4.79 Å². The van der Waals surface area contributed by atoms with Gasteiger partial charge in [-0.25, -0.2) is 4.98 Å². The molecule has 3 aliphatic heterocycles. The minimum Gasteiger partial charge on any atom is -0.347 e. The fraction of sp³-hybridized carbons (Fsp3) is 0.444. The van der Waals surface area contributed by atoms with E-state index in [9.17, 15) is 4.79 Å². The van der Waals surface area contributed by atoms with Gasteiger partial charge in [0.1, 0.15) is 5.15 Å². The fourth-order valence-corrected chi connectivity index (χ4v) is 4.92. The highest BCUT2D eigenvalue weighted by molar-refractivity contribution is 7.17. The van der Waals surface area contributed by atoms with Crippen molar-refractivity contribution >= 4 is 28.8 Å². The van der Waals surface area contributed by atoms with Crippen LogP contribution in [0.1, 0.15) is 29.4 Å². The van der Waals surface area contributed by atoms with Gasteiger partial charge in [0.2, 0.25) is 0 Å². The van der Waals surface area contributed by atoms with E-state index in [1.807, 2.05) is 18.2 Å². The largest absolute Gasteiger partial charge is 0.347 e. The van der Waals surface area contributed by atoms with Crippen molar-refractivity contribution in [1.29, 1.82) is 0 Å². The molecule has 1 amide bonds. The smallest absolute Gasteiger partial charge is 0.261 e. The molecule has 1 N–H and O–H groups in total. The summed E-state index contributed by atoms with van der Waals surface area (Å²) in [5.74, 6) is 0.660. The van der Waals surface area contributed by atoms with Crippen molar-refractivity contribution in [3.8, 4) is 10.4 Å². The molecule has 0 spiro atoms. The summed E-state index contributed by atoms with van der Waals surface area (Å²) in [6.07, 6.45) is 4.13. The number of rotatable bonds is 3. The Bertz CT molecular complexity index is 735. The molecule has 0 radical (unpaired) electrons. The monoisotopic (exact) mass is 361 g/mol. The molecule has 24 heavy (non-hydrogen) atoms. The molecule has 2 aromatic rings. The van der Waals surface area contributed by atoms with Crippen LogP contribution in [-0.4, -0.2) is 41.0 Å². The number of pyridine rings is 1. The lowest BCUT2D eigenvalue weighted by molar-refractivity contribution is 0.0218. The first-order valence-electron chi connectivity index (χ1n) is 8.38. The Hall–Kier alpha value is -1.43. The predicted molar refractivity (Wildman–Crippen MR) is 97.6 cm³/mol. The third kappa shape index (κ3) is 2.96. The molecule has 0 aliphatic carbocycles. The van der Waals surface area contributed by atoms with E-state index in [1.165, 1.54) is 37.3 Å². The Balaban J connectivity index is 1.48. The second-order valence-corrected chi connectivity index (χ2v) is 8.12. The molecule has 6 heteroatoms. The molecule has 126 valence electrons. The van der Waals surface area contributed by atoms with Gasteiger partial charge in [-0.05, 0) is 63.0 Å². The number of carbonyl (C=O) groups is 1. The number of hydrogen-bond donors (Lipinski definition) is 1. The fourth-order valence-electron chi connectivity index (χ4n) is 3.90. The summed E-state index contributed by atoms with van der Waals surface area (Å²) in [6, 6.07) is 8.27. The van der Waals surface area contributed by atoms with Gasteiger partial charge in [-0.15, -0.1) is 11.3 Å². The maximum Gasteiger partial charge on any atom is 0.261 e. The maximum atomic E-state index is 12.7. The van der Waals surface area contributed by atoms with Crippen LogP contribution in [0.3, 0.4) is 0 Å². The van der Waals surface area contributed by atoms with Crippen LogP contribution < -0.4 is 5.32 Å². The van der Waals surface area contributed by atoms with E-state index in [2.05, 4.69) is 22.1 Å². The average molecular weight is 362 g/mol. The highest BCUT2D eigenvalue weighted by Gasteiger charge is 2.40. The first-order chi connectivity index (χ1) is 11.6. The predicted octanol–water partition coefficient (Wildman–Crippen LogP) is 3.68. The lowest BCUT2D eigenvalue weighted by Crippen LogP contribution is -2.62. The number of carbonyl (C=O) groups excluding carboxylic acids is 1. The Morgan fingerprint density at radius 2 is 2.08 bits per heavy atom. The van der Waals surface area contributed by atoms with Crippen LogP contribution in [0.15, 0.2) is 30.5 Å². The second kappa shape index (κ2) is 6.47. The molecule has 0 saturated carbocycles. The maximum absolute atomic E-state index is 12.7. The molecule has 0 aromatic carbocycles. The average Bonchev–Trinajstić information content (AvgIpc) is 3.09. The molecule has 2 unspecified atom stereocenters. The molecule has 5 rings (SSSR count). The van der Waals surface area contributed by atoms with Gasteiger partial charge in [0, 0.05) is 28.7 Å². The van der Waals surface area contributed by atoms with Gasteiger partial charge in [0.05, 0.1) is 4.88 Å². The van der Waals surface area contributed by atoms with Gasteiger partial charge in [-0.1, -0.05) is 11.6 Å². The molecule has 5 heterocycles. The van der Waals surface area contributed by atoms with E-state index >= 15 is 0 Å². The van der Waals surface area contributed by atoms with E-state index < -0.39 is 0 Å². The summed E-state index contributed by atoms with van der Waals surface area (Å²) in [6.45, 7) is 4.57. The standard InChI is InChI=1S/C18H20ClN3OS/c1-11-17(12-6-8-22(11)9-7-12)21-18(23)15-4-3-14(24-15)13-2-5-16(19)20-10-13/h2-5,10-12,17H,6-9H2,1H3,(H,21,23). The molecule has 2 bridgehead atoms. The zero-order chi connectivity index (χ0) is 16.7. The van der Waals surface area contributed by atoms with Crippen LogP contribution in [0.4, 0.5) is 0 Å². The second-order valence-electron chi connectivity index (χ2n) is 6.65. The highest BCUT2D eigenvalue weighted by atomic mass is 35.5. The van der Waals surface area contributed by atoms with Crippen LogP contribution in [-0.2, 0) is 0 Å². The molecule has 4 nitrogen and oxygen atoms in total. The summed E-state index contributed by atoms with van der Waals surface area (Å²) in [5.41, 5.74) is 0.986. The Kier molecular flexibility index (Phi) is 4.33. The summed E-state index contributed by atoms with van der Waals surface area (Å²) < 4.78 is 0. The molecule has 3 aliphatic rings. The van der Waals surface area contributed by atoms with Gasteiger partial charge in [-0.3, -0.25) is 9.69 Å². The van der Waals surface area contributed by atoms with Crippen LogP contribution >= 0.6 is 22.9 Å².